The van der Waals surface area contributed by atoms with Gasteiger partial charge in [-0.2, -0.15) is 11.8 Å². The third-order valence-corrected chi connectivity index (χ3v) is 4.31. The largest absolute Gasteiger partial charge is 0.327 e. The summed E-state index contributed by atoms with van der Waals surface area (Å²) in [4.78, 5) is 4.56. The van der Waals surface area contributed by atoms with E-state index in [1.54, 1.807) is 23.9 Å². The van der Waals surface area contributed by atoms with E-state index in [1.807, 2.05) is 22.6 Å². The average Bonchev–Trinajstić information content (AvgIpc) is 2.65. The lowest BCUT2D eigenvalue weighted by atomic mass is 10.3. The van der Waals surface area contributed by atoms with E-state index in [4.69, 9.17) is 11.6 Å². The molecule has 0 atom stereocenters. The van der Waals surface area contributed by atoms with E-state index < -0.39 is 0 Å². The monoisotopic (exact) mass is 398 g/mol. The van der Waals surface area contributed by atoms with Gasteiger partial charge in [-0.05, 0) is 34.9 Å². The Morgan fingerprint density at radius 3 is 2.94 bits per heavy atom. The molecule has 0 radical (unpaired) electrons. The fourth-order valence-corrected chi connectivity index (χ4v) is 2.86. The van der Waals surface area contributed by atoms with Crippen molar-refractivity contribution < 1.29 is 4.39 Å². The van der Waals surface area contributed by atoms with Gasteiger partial charge in [0.1, 0.15) is 11.6 Å². The predicted molar refractivity (Wildman–Crippen MR) is 85.2 cm³/mol. The zero-order valence-corrected chi connectivity index (χ0v) is 13.6. The molecule has 1 aromatic heterocycles. The van der Waals surface area contributed by atoms with Gasteiger partial charge in [0.15, 0.2) is 0 Å². The number of aromatic nitrogens is 2. The number of benzene rings is 1. The molecule has 6 heteroatoms. The number of hydrogen-bond acceptors (Lipinski definition) is 2. The van der Waals surface area contributed by atoms with E-state index in [0.717, 1.165) is 29.2 Å². The summed E-state index contributed by atoms with van der Waals surface area (Å²) in [5.41, 5.74) is 1.71. The maximum atomic E-state index is 13.7. The highest BCUT2D eigenvalue weighted by Crippen LogP contribution is 2.22. The number of aryl methyl sites for hydroxylation is 2. The van der Waals surface area contributed by atoms with Crippen molar-refractivity contribution in [1.29, 1.82) is 0 Å². The number of rotatable bonds is 5. The average molecular weight is 399 g/mol. The van der Waals surface area contributed by atoms with Crippen molar-refractivity contribution >= 4 is 57.0 Å². The molecule has 0 unspecified atom stereocenters. The van der Waals surface area contributed by atoms with Gasteiger partial charge in [-0.25, -0.2) is 9.37 Å². The number of fused-ring (bicyclic) bond motifs is 1. The number of thioether (sulfide) groups is 1. The Balaban J connectivity index is 2.53. The van der Waals surface area contributed by atoms with Crippen LogP contribution in [0.15, 0.2) is 12.1 Å². The predicted octanol–water partition coefficient (Wildman–Crippen LogP) is 3.92. The van der Waals surface area contributed by atoms with E-state index in [2.05, 4.69) is 15.8 Å². The Kier molecular flexibility index (Phi) is 5.14. The van der Waals surface area contributed by atoms with Crippen LogP contribution in [0.3, 0.4) is 0 Å². The van der Waals surface area contributed by atoms with Crippen LogP contribution in [0.1, 0.15) is 5.82 Å². The van der Waals surface area contributed by atoms with E-state index >= 15 is 0 Å². The SMILES string of the molecule is CSCCn1c(CCCl)nc2cc(I)c(F)cc21. The van der Waals surface area contributed by atoms with E-state index in [-0.39, 0.29) is 5.82 Å². The van der Waals surface area contributed by atoms with Crippen molar-refractivity contribution in [2.75, 3.05) is 17.9 Å². The van der Waals surface area contributed by atoms with Crippen LogP contribution in [0.5, 0.6) is 0 Å². The Bertz CT molecular complexity index is 558. The van der Waals surface area contributed by atoms with Crippen LogP contribution in [0, 0.1) is 9.39 Å². The van der Waals surface area contributed by atoms with Crippen LogP contribution in [0.4, 0.5) is 4.39 Å². The fourth-order valence-electron chi connectivity index (χ4n) is 1.88. The number of alkyl halides is 1. The number of nitrogens with zero attached hydrogens (tertiary/aromatic N) is 2. The summed E-state index contributed by atoms with van der Waals surface area (Å²) in [5, 5.41) is 0. The zero-order valence-electron chi connectivity index (χ0n) is 9.92. The smallest absolute Gasteiger partial charge is 0.138 e. The summed E-state index contributed by atoms with van der Waals surface area (Å²) < 4.78 is 16.3. The molecule has 0 bridgehead atoms. The highest BCUT2D eigenvalue weighted by atomic mass is 127. The second-order valence-corrected chi connectivity index (χ2v) is 6.39. The Morgan fingerprint density at radius 2 is 2.28 bits per heavy atom. The molecule has 0 aliphatic carbocycles. The third kappa shape index (κ3) is 2.93. The Hall–Kier alpha value is -0.0100. The summed E-state index contributed by atoms with van der Waals surface area (Å²) >= 11 is 9.55. The molecule has 1 aromatic carbocycles. The molecule has 98 valence electrons. The summed E-state index contributed by atoms with van der Waals surface area (Å²) in [5.74, 6) is 2.26. The topological polar surface area (TPSA) is 17.8 Å². The number of imidazole rings is 1. The first-order valence-electron chi connectivity index (χ1n) is 5.56. The van der Waals surface area contributed by atoms with Gasteiger partial charge in [-0.1, -0.05) is 0 Å². The number of halogens is 3. The molecular weight excluding hydrogens is 386 g/mol. The summed E-state index contributed by atoms with van der Waals surface area (Å²) in [7, 11) is 0. The van der Waals surface area contributed by atoms with E-state index in [1.165, 1.54) is 0 Å². The highest BCUT2D eigenvalue weighted by Gasteiger charge is 2.12. The maximum Gasteiger partial charge on any atom is 0.138 e. The van der Waals surface area contributed by atoms with Gasteiger partial charge in [-0.15, -0.1) is 11.6 Å². The lowest BCUT2D eigenvalue weighted by Crippen LogP contribution is -2.06. The molecule has 2 rings (SSSR count). The van der Waals surface area contributed by atoms with Crippen LogP contribution in [0.25, 0.3) is 11.0 Å². The zero-order chi connectivity index (χ0) is 13.1. The summed E-state index contributed by atoms with van der Waals surface area (Å²) in [6, 6.07) is 3.36. The molecule has 18 heavy (non-hydrogen) atoms. The molecule has 2 nitrogen and oxygen atoms in total. The van der Waals surface area contributed by atoms with Crippen molar-refractivity contribution in [1.82, 2.24) is 9.55 Å². The summed E-state index contributed by atoms with van der Waals surface area (Å²) in [6.07, 6.45) is 2.77. The Labute approximate surface area is 128 Å². The van der Waals surface area contributed by atoms with Gasteiger partial charge in [0, 0.05) is 30.7 Å². The van der Waals surface area contributed by atoms with Crippen molar-refractivity contribution in [3.05, 3.63) is 27.3 Å². The van der Waals surface area contributed by atoms with Gasteiger partial charge in [0.2, 0.25) is 0 Å². The lowest BCUT2D eigenvalue weighted by molar-refractivity contribution is 0.620. The molecule has 1 heterocycles. The van der Waals surface area contributed by atoms with Crippen LogP contribution in [-0.4, -0.2) is 27.4 Å². The first-order chi connectivity index (χ1) is 8.67. The standard InChI is InChI=1S/C12H13ClFIN2S/c1-18-5-4-17-11-6-8(14)9(15)7-10(11)16-12(17)2-3-13/h6-7H,2-5H2,1H3. The molecule has 0 aliphatic rings. The third-order valence-electron chi connectivity index (χ3n) is 2.71. The molecule has 0 saturated carbocycles. The molecule has 0 N–H and O–H groups in total. The lowest BCUT2D eigenvalue weighted by Gasteiger charge is -2.07. The van der Waals surface area contributed by atoms with E-state index in [0.29, 0.717) is 15.9 Å². The minimum Gasteiger partial charge on any atom is -0.327 e. The van der Waals surface area contributed by atoms with Gasteiger partial charge in [0.05, 0.1) is 14.6 Å². The fraction of sp³-hybridized carbons (Fsp3) is 0.417. The Morgan fingerprint density at radius 1 is 1.50 bits per heavy atom. The van der Waals surface area contributed by atoms with Gasteiger partial charge in [-0.3, -0.25) is 0 Å². The molecule has 0 fully saturated rings. The molecule has 0 spiro atoms. The highest BCUT2D eigenvalue weighted by molar-refractivity contribution is 14.1. The normalized spacial score (nSPS) is 11.3. The van der Waals surface area contributed by atoms with Crippen LogP contribution < -0.4 is 0 Å². The van der Waals surface area contributed by atoms with Gasteiger partial charge >= 0.3 is 0 Å². The van der Waals surface area contributed by atoms with Gasteiger partial charge < -0.3 is 4.57 Å². The van der Waals surface area contributed by atoms with Crippen molar-refractivity contribution in [3.63, 3.8) is 0 Å². The van der Waals surface area contributed by atoms with Crippen LogP contribution in [-0.2, 0) is 13.0 Å². The van der Waals surface area contributed by atoms with E-state index in [9.17, 15) is 4.39 Å². The van der Waals surface area contributed by atoms with Gasteiger partial charge in [0.25, 0.3) is 0 Å². The molecular formula is C12H13ClFIN2S. The minimum absolute atomic E-state index is 0.189. The van der Waals surface area contributed by atoms with Crippen molar-refractivity contribution in [2.45, 2.75) is 13.0 Å². The molecule has 0 saturated heterocycles. The minimum atomic E-state index is -0.189. The molecule has 2 aromatic rings. The summed E-state index contributed by atoms with van der Waals surface area (Å²) in [6.45, 7) is 0.837. The number of hydrogen-bond donors (Lipinski definition) is 0. The quantitative estimate of drug-likeness (QED) is 0.561. The second kappa shape index (κ2) is 6.43. The first kappa shape index (κ1) is 14.4. The second-order valence-electron chi connectivity index (χ2n) is 3.87. The first-order valence-corrected chi connectivity index (χ1v) is 8.57. The van der Waals surface area contributed by atoms with Crippen LogP contribution >= 0.6 is 46.0 Å². The van der Waals surface area contributed by atoms with Crippen LogP contribution in [0.2, 0.25) is 0 Å². The maximum absolute atomic E-state index is 13.7. The molecule has 0 amide bonds. The van der Waals surface area contributed by atoms with Crippen molar-refractivity contribution in [2.24, 2.45) is 0 Å². The van der Waals surface area contributed by atoms with Crippen molar-refractivity contribution in [3.8, 4) is 0 Å². The molecule has 0 aliphatic heterocycles.